The predicted molar refractivity (Wildman–Crippen MR) is 104 cm³/mol. The molecule has 10 nitrogen and oxygen atoms in total. The molecule has 0 radical (unpaired) electrons. The minimum Gasteiger partial charge on any atom is -0.465 e. The first kappa shape index (κ1) is 18.0. The van der Waals surface area contributed by atoms with E-state index in [9.17, 15) is 4.79 Å². The van der Waals surface area contributed by atoms with Crippen LogP contribution in [0, 0.1) is 0 Å². The summed E-state index contributed by atoms with van der Waals surface area (Å²) in [5.41, 5.74) is 2.42. The Labute approximate surface area is 161 Å². The number of piperazine rings is 1. The van der Waals surface area contributed by atoms with Gasteiger partial charge in [-0.2, -0.15) is 0 Å². The van der Waals surface area contributed by atoms with E-state index in [0.29, 0.717) is 16.9 Å². The highest BCUT2D eigenvalue weighted by molar-refractivity contribution is 5.89. The molecule has 28 heavy (non-hydrogen) atoms. The number of hydrogen-bond donors (Lipinski definition) is 0. The van der Waals surface area contributed by atoms with Gasteiger partial charge in [-0.25, -0.2) is 19.4 Å². The first-order chi connectivity index (χ1) is 13.6. The summed E-state index contributed by atoms with van der Waals surface area (Å²) in [6.45, 7) is 3.21. The third-order valence-corrected chi connectivity index (χ3v) is 4.73. The molecular formula is C18H21N7O3. The number of carbonyl (C=O) groups excluding carboxylic acids is 1. The Bertz CT molecular complexity index is 979. The van der Waals surface area contributed by atoms with Crippen LogP contribution in [0.15, 0.2) is 28.9 Å². The summed E-state index contributed by atoms with van der Waals surface area (Å²) in [5, 5.41) is 7.59. The largest absolute Gasteiger partial charge is 0.465 e. The summed E-state index contributed by atoms with van der Waals surface area (Å²) in [5.74, 6) is 1.18. The quantitative estimate of drug-likeness (QED) is 0.611. The lowest BCUT2D eigenvalue weighted by molar-refractivity contribution is 0.0601. The topological polar surface area (TPSA) is 101 Å². The Balaban J connectivity index is 1.50. The molecular weight excluding hydrogens is 362 g/mol. The highest BCUT2D eigenvalue weighted by Gasteiger charge is 2.24. The van der Waals surface area contributed by atoms with E-state index in [0.717, 1.165) is 43.5 Å². The predicted octanol–water partition coefficient (Wildman–Crippen LogP) is 1.19. The van der Waals surface area contributed by atoms with Crippen molar-refractivity contribution in [1.29, 1.82) is 0 Å². The average molecular weight is 383 g/mol. The second kappa shape index (κ2) is 7.29. The number of aromatic nitrogens is 4. The molecule has 0 aliphatic carbocycles. The average Bonchev–Trinajstić information content (AvgIpc) is 3.20. The van der Waals surface area contributed by atoms with Gasteiger partial charge in [0, 0.05) is 46.0 Å². The zero-order chi connectivity index (χ0) is 19.7. The van der Waals surface area contributed by atoms with Gasteiger partial charge in [0.25, 0.3) is 0 Å². The number of hydrogen-bond acceptors (Lipinski definition) is 10. The number of esters is 1. The van der Waals surface area contributed by atoms with Gasteiger partial charge in [-0.15, -0.1) is 0 Å². The fraction of sp³-hybridized carbons (Fsp3) is 0.389. The zero-order valence-corrected chi connectivity index (χ0v) is 16.0. The minimum absolute atomic E-state index is 0.330. The first-order valence-electron chi connectivity index (χ1n) is 8.92. The maximum atomic E-state index is 11.6. The fourth-order valence-electron chi connectivity index (χ4n) is 3.24. The molecule has 2 aromatic heterocycles. The summed E-state index contributed by atoms with van der Waals surface area (Å²) in [7, 11) is 5.23. The highest BCUT2D eigenvalue weighted by Crippen LogP contribution is 2.27. The summed E-state index contributed by atoms with van der Waals surface area (Å²) < 4.78 is 9.50. The van der Waals surface area contributed by atoms with Gasteiger partial charge in [-0.3, -0.25) is 0 Å². The Hall–Kier alpha value is -3.43. The van der Waals surface area contributed by atoms with Crippen molar-refractivity contribution in [3.8, 4) is 0 Å². The van der Waals surface area contributed by atoms with Crippen LogP contribution in [0.2, 0.25) is 0 Å². The van der Waals surface area contributed by atoms with E-state index in [-0.39, 0.29) is 5.97 Å². The lowest BCUT2D eigenvalue weighted by Crippen LogP contribution is -2.47. The number of carbonyl (C=O) groups is 1. The number of rotatable bonds is 4. The molecule has 3 aromatic rings. The number of nitrogens with zero attached hydrogens (tertiary/aromatic N) is 7. The molecule has 0 saturated carbocycles. The summed E-state index contributed by atoms with van der Waals surface area (Å²) >= 11 is 0. The third kappa shape index (κ3) is 3.28. The fourth-order valence-corrected chi connectivity index (χ4v) is 3.24. The van der Waals surface area contributed by atoms with Crippen LogP contribution in [0.1, 0.15) is 10.4 Å². The van der Waals surface area contributed by atoms with Gasteiger partial charge >= 0.3 is 5.97 Å². The van der Waals surface area contributed by atoms with Crippen LogP contribution in [-0.4, -0.2) is 73.6 Å². The van der Waals surface area contributed by atoms with Crippen molar-refractivity contribution in [2.75, 3.05) is 62.1 Å². The van der Waals surface area contributed by atoms with Gasteiger partial charge in [0.05, 0.1) is 12.7 Å². The Kier molecular flexibility index (Phi) is 4.68. The number of methoxy groups -OCH3 is 1. The Morgan fingerprint density at radius 2 is 1.61 bits per heavy atom. The van der Waals surface area contributed by atoms with Gasteiger partial charge < -0.3 is 19.4 Å². The molecule has 10 heteroatoms. The molecule has 1 aromatic carbocycles. The van der Waals surface area contributed by atoms with Gasteiger partial charge in [-0.05, 0) is 34.6 Å². The van der Waals surface area contributed by atoms with Crippen molar-refractivity contribution < 1.29 is 14.2 Å². The van der Waals surface area contributed by atoms with Crippen LogP contribution in [0.25, 0.3) is 11.3 Å². The molecule has 0 amide bonds. The van der Waals surface area contributed by atoms with Crippen LogP contribution < -0.4 is 14.7 Å². The molecule has 1 aliphatic rings. The van der Waals surface area contributed by atoms with Crippen molar-refractivity contribution in [2.24, 2.45) is 0 Å². The molecule has 1 fully saturated rings. The van der Waals surface area contributed by atoms with Crippen LogP contribution in [0.4, 0.5) is 17.3 Å². The van der Waals surface area contributed by atoms with Crippen LogP contribution >= 0.6 is 0 Å². The summed E-state index contributed by atoms with van der Waals surface area (Å²) in [6.07, 6.45) is 0. The van der Waals surface area contributed by atoms with Crippen LogP contribution in [0.3, 0.4) is 0 Å². The summed E-state index contributed by atoms with van der Waals surface area (Å²) in [4.78, 5) is 27.1. The van der Waals surface area contributed by atoms with Crippen LogP contribution in [0.5, 0.6) is 0 Å². The molecule has 0 bridgehead atoms. The van der Waals surface area contributed by atoms with Crippen molar-refractivity contribution in [3.63, 3.8) is 0 Å². The van der Waals surface area contributed by atoms with Gasteiger partial charge in [0.15, 0.2) is 11.6 Å². The van der Waals surface area contributed by atoms with Gasteiger partial charge in [0.1, 0.15) is 0 Å². The molecule has 4 rings (SSSR count). The molecule has 1 saturated heterocycles. The Morgan fingerprint density at radius 3 is 2.21 bits per heavy atom. The molecule has 146 valence electrons. The second-order valence-electron chi connectivity index (χ2n) is 6.69. The lowest BCUT2D eigenvalue weighted by Gasteiger charge is -2.37. The maximum Gasteiger partial charge on any atom is 0.337 e. The highest BCUT2D eigenvalue weighted by atomic mass is 16.6. The van der Waals surface area contributed by atoms with Crippen molar-refractivity contribution in [3.05, 3.63) is 29.8 Å². The molecule has 0 unspecified atom stereocenters. The monoisotopic (exact) mass is 383 g/mol. The van der Waals surface area contributed by atoms with Crippen LogP contribution in [-0.2, 0) is 4.74 Å². The Morgan fingerprint density at radius 1 is 1.00 bits per heavy atom. The van der Waals surface area contributed by atoms with Crippen molar-refractivity contribution in [2.45, 2.75) is 0 Å². The maximum absolute atomic E-state index is 11.6. The molecule has 0 N–H and O–H groups in total. The second-order valence-corrected chi connectivity index (χ2v) is 6.69. The van der Waals surface area contributed by atoms with E-state index in [2.05, 4.69) is 30.1 Å². The van der Waals surface area contributed by atoms with E-state index >= 15 is 0 Å². The normalized spacial score (nSPS) is 14.4. The van der Waals surface area contributed by atoms with Crippen molar-refractivity contribution >= 4 is 34.6 Å². The first-order valence-corrected chi connectivity index (χ1v) is 8.92. The van der Waals surface area contributed by atoms with E-state index in [1.54, 1.807) is 12.1 Å². The molecule has 0 spiro atoms. The number of ether oxygens (including phenoxy) is 1. The zero-order valence-electron chi connectivity index (χ0n) is 16.0. The van der Waals surface area contributed by atoms with Gasteiger partial charge in [-0.1, -0.05) is 0 Å². The van der Waals surface area contributed by atoms with E-state index in [4.69, 9.17) is 9.37 Å². The minimum atomic E-state index is -0.330. The van der Waals surface area contributed by atoms with E-state index < -0.39 is 0 Å². The standard InChI is InChI=1S/C18H21N7O3/c1-23(2)16-17(20-15-14(19-16)21-28-22-15)25-10-8-24(9-11-25)13-6-4-12(5-7-13)18(26)27-3/h4-7H,8-11H2,1-3H3. The van der Waals surface area contributed by atoms with E-state index in [1.807, 2.05) is 31.1 Å². The number of anilines is 3. The van der Waals surface area contributed by atoms with Gasteiger partial charge in [0.2, 0.25) is 11.3 Å². The molecule has 0 atom stereocenters. The number of benzene rings is 1. The smallest absolute Gasteiger partial charge is 0.337 e. The lowest BCUT2D eigenvalue weighted by atomic mass is 10.2. The SMILES string of the molecule is COC(=O)c1ccc(N2CCN(c3nc4nonc4nc3N(C)C)CC2)cc1. The molecule has 3 heterocycles. The third-order valence-electron chi connectivity index (χ3n) is 4.73. The van der Waals surface area contributed by atoms with Crippen molar-refractivity contribution in [1.82, 2.24) is 20.3 Å². The number of fused-ring (bicyclic) bond motifs is 1. The van der Waals surface area contributed by atoms with E-state index in [1.165, 1.54) is 7.11 Å². The summed E-state index contributed by atoms with van der Waals surface area (Å²) in [6, 6.07) is 7.46. The molecule has 1 aliphatic heterocycles.